The first kappa shape index (κ1) is 15.2. The van der Waals surface area contributed by atoms with Gasteiger partial charge in [-0.2, -0.15) is 0 Å². The third kappa shape index (κ3) is 5.00. The molecule has 0 saturated heterocycles. The minimum Gasteiger partial charge on any atom is -0.351 e. The Morgan fingerprint density at radius 1 is 1.05 bits per heavy atom. The van der Waals surface area contributed by atoms with E-state index in [1.54, 1.807) is 18.2 Å². The van der Waals surface area contributed by atoms with E-state index in [1.165, 1.54) is 11.6 Å². The van der Waals surface area contributed by atoms with E-state index in [-0.39, 0.29) is 24.8 Å². The van der Waals surface area contributed by atoms with Gasteiger partial charge in [-0.3, -0.25) is 4.79 Å². The van der Waals surface area contributed by atoms with Crippen molar-refractivity contribution in [2.45, 2.75) is 20.0 Å². The van der Waals surface area contributed by atoms with Crippen LogP contribution >= 0.6 is 0 Å². The molecule has 0 radical (unpaired) electrons. The Balaban J connectivity index is 1.70. The number of benzene rings is 2. The first-order valence-electron chi connectivity index (χ1n) is 6.91. The second-order valence-corrected chi connectivity index (χ2v) is 4.96. The largest absolute Gasteiger partial charge is 0.351 e. The lowest BCUT2D eigenvalue weighted by atomic mass is 10.1. The first-order valence-corrected chi connectivity index (χ1v) is 6.91. The van der Waals surface area contributed by atoms with Crippen LogP contribution < -0.4 is 10.6 Å². The van der Waals surface area contributed by atoms with Gasteiger partial charge in [0.25, 0.3) is 0 Å². The zero-order chi connectivity index (χ0) is 15.1. The number of carbonyl (C=O) groups excluding carboxylic acids is 1. The maximum Gasteiger partial charge on any atom is 0.234 e. The molecule has 3 nitrogen and oxygen atoms in total. The van der Waals surface area contributed by atoms with Gasteiger partial charge in [-0.25, -0.2) is 4.39 Å². The molecule has 0 unspecified atom stereocenters. The van der Waals surface area contributed by atoms with Crippen LogP contribution in [0, 0.1) is 12.7 Å². The van der Waals surface area contributed by atoms with Crippen LogP contribution in [0.25, 0.3) is 0 Å². The molecule has 2 aromatic carbocycles. The van der Waals surface area contributed by atoms with Gasteiger partial charge < -0.3 is 10.6 Å². The second kappa shape index (κ2) is 7.55. The smallest absolute Gasteiger partial charge is 0.234 e. The minimum atomic E-state index is -0.301. The zero-order valence-corrected chi connectivity index (χ0v) is 12.0. The molecule has 0 aromatic heterocycles. The maximum atomic E-state index is 13.4. The third-order valence-corrected chi connectivity index (χ3v) is 3.17. The number of amides is 1. The predicted molar refractivity (Wildman–Crippen MR) is 81.1 cm³/mol. The lowest BCUT2D eigenvalue weighted by Crippen LogP contribution is -2.33. The van der Waals surface area contributed by atoms with Crippen LogP contribution in [0.5, 0.6) is 0 Å². The van der Waals surface area contributed by atoms with E-state index in [2.05, 4.69) is 10.6 Å². The average Bonchev–Trinajstić information content (AvgIpc) is 2.48. The van der Waals surface area contributed by atoms with Crippen LogP contribution in [0.4, 0.5) is 4.39 Å². The van der Waals surface area contributed by atoms with E-state index >= 15 is 0 Å². The monoisotopic (exact) mass is 286 g/mol. The van der Waals surface area contributed by atoms with E-state index in [0.29, 0.717) is 12.1 Å². The number of hydrogen-bond donors (Lipinski definition) is 2. The molecule has 0 heterocycles. The molecule has 0 bridgehead atoms. The second-order valence-electron chi connectivity index (χ2n) is 4.96. The Morgan fingerprint density at radius 3 is 2.48 bits per heavy atom. The molecule has 0 fully saturated rings. The summed E-state index contributed by atoms with van der Waals surface area (Å²) in [5, 5.41) is 5.76. The summed E-state index contributed by atoms with van der Waals surface area (Å²) in [5.41, 5.74) is 2.83. The van der Waals surface area contributed by atoms with Crippen LogP contribution in [0.3, 0.4) is 0 Å². The van der Waals surface area contributed by atoms with Gasteiger partial charge in [-0.1, -0.05) is 48.0 Å². The Kier molecular flexibility index (Phi) is 5.46. The summed E-state index contributed by atoms with van der Waals surface area (Å²) in [6.45, 7) is 3.08. The summed E-state index contributed by atoms with van der Waals surface area (Å²) in [7, 11) is 0. The summed E-state index contributed by atoms with van der Waals surface area (Å²) >= 11 is 0. The van der Waals surface area contributed by atoms with E-state index in [9.17, 15) is 9.18 Å². The van der Waals surface area contributed by atoms with E-state index in [4.69, 9.17) is 0 Å². The quantitative estimate of drug-likeness (QED) is 0.857. The molecule has 0 aliphatic rings. The van der Waals surface area contributed by atoms with Gasteiger partial charge in [0.2, 0.25) is 5.91 Å². The molecule has 4 heteroatoms. The van der Waals surface area contributed by atoms with Crippen molar-refractivity contribution in [3.8, 4) is 0 Å². The van der Waals surface area contributed by atoms with Gasteiger partial charge in [0.15, 0.2) is 0 Å². The van der Waals surface area contributed by atoms with Crippen molar-refractivity contribution < 1.29 is 9.18 Å². The van der Waals surface area contributed by atoms with Crippen molar-refractivity contribution in [2.75, 3.05) is 6.54 Å². The summed E-state index contributed by atoms with van der Waals surface area (Å²) in [6, 6.07) is 14.6. The van der Waals surface area contributed by atoms with Gasteiger partial charge in [0.1, 0.15) is 5.82 Å². The molecule has 2 N–H and O–H groups in total. The highest BCUT2D eigenvalue weighted by Crippen LogP contribution is 2.05. The van der Waals surface area contributed by atoms with Crippen LogP contribution in [0.2, 0.25) is 0 Å². The van der Waals surface area contributed by atoms with Crippen LogP contribution in [-0.4, -0.2) is 12.5 Å². The molecule has 110 valence electrons. The molecule has 0 atom stereocenters. The molecular formula is C17H19FN2O. The highest BCUT2D eigenvalue weighted by atomic mass is 19.1. The number of aryl methyl sites for hydroxylation is 1. The van der Waals surface area contributed by atoms with Crippen molar-refractivity contribution in [3.63, 3.8) is 0 Å². The Labute approximate surface area is 124 Å². The molecule has 0 saturated carbocycles. The predicted octanol–water partition coefficient (Wildman–Crippen LogP) is 2.54. The van der Waals surface area contributed by atoms with Crippen molar-refractivity contribution in [1.29, 1.82) is 0 Å². The minimum absolute atomic E-state index is 0.148. The normalized spacial score (nSPS) is 10.4. The Morgan fingerprint density at radius 2 is 1.76 bits per heavy atom. The van der Waals surface area contributed by atoms with Crippen LogP contribution in [0.1, 0.15) is 16.7 Å². The summed E-state index contributed by atoms with van der Waals surface area (Å²) in [4.78, 5) is 11.7. The van der Waals surface area contributed by atoms with Crippen LogP contribution in [0.15, 0.2) is 48.5 Å². The average molecular weight is 286 g/mol. The maximum absolute atomic E-state index is 13.4. The fraction of sp³-hybridized carbons (Fsp3) is 0.235. The molecule has 1 amide bonds. The van der Waals surface area contributed by atoms with Crippen molar-refractivity contribution >= 4 is 5.91 Å². The summed E-state index contributed by atoms with van der Waals surface area (Å²) in [5.74, 6) is -0.448. The van der Waals surface area contributed by atoms with E-state index < -0.39 is 0 Å². The zero-order valence-electron chi connectivity index (χ0n) is 12.0. The van der Waals surface area contributed by atoms with Crippen molar-refractivity contribution in [1.82, 2.24) is 10.6 Å². The van der Waals surface area contributed by atoms with E-state index in [0.717, 1.165) is 5.56 Å². The summed E-state index contributed by atoms with van der Waals surface area (Å²) < 4.78 is 13.4. The van der Waals surface area contributed by atoms with E-state index in [1.807, 2.05) is 31.2 Å². The van der Waals surface area contributed by atoms with Crippen molar-refractivity contribution in [2.24, 2.45) is 0 Å². The van der Waals surface area contributed by atoms with Gasteiger partial charge >= 0.3 is 0 Å². The molecule has 2 aromatic rings. The summed E-state index contributed by atoms with van der Waals surface area (Å²) in [6.07, 6.45) is 0. The lowest BCUT2D eigenvalue weighted by molar-refractivity contribution is -0.120. The molecule has 2 rings (SSSR count). The van der Waals surface area contributed by atoms with Gasteiger partial charge in [0, 0.05) is 18.7 Å². The third-order valence-electron chi connectivity index (χ3n) is 3.17. The molecule has 21 heavy (non-hydrogen) atoms. The number of halogens is 1. The number of nitrogens with one attached hydrogen (secondary N) is 2. The molecule has 0 aliphatic heterocycles. The van der Waals surface area contributed by atoms with Crippen LogP contribution in [-0.2, 0) is 17.9 Å². The number of rotatable bonds is 6. The van der Waals surface area contributed by atoms with Gasteiger partial charge in [0.05, 0.1) is 6.54 Å². The first-order chi connectivity index (χ1) is 10.1. The SMILES string of the molecule is Cc1ccc(CNCC(=O)NCc2ccccc2F)cc1. The fourth-order valence-corrected chi connectivity index (χ4v) is 1.92. The molecule has 0 spiro atoms. The lowest BCUT2D eigenvalue weighted by Gasteiger charge is -2.08. The Hall–Kier alpha value is -2.20. The van der Waals surface area contributed by atoms with Gasteiger partial charge in [-0.05, 0) is 18.6 Å². The van der Waals surface area contributed by atoms with Gasteiger partial charge in [-0.15, -0.1) is 0 Å². The number of hydrogen-bond acceptors (Lipinski definition) is 2. The Bertz CT molecular complexity index is 596. The standard InChI is InChI=1S/C17H19FN2O/c1-13-6-8-14(9-7-13)10-19-12-17(21)20-11-15-4-2-3-5-16(15)18/h2-9,19H,10-12H2,1H3,(H,20,21). The molecule has 0 aliphatic carbocycles. The number of carbonyl (C=O) groups is 1. The highest BCUT2D eigenvalue weighted by molar-refractivity contribution is 5.77. The topological polar surface area (TPSA) is 41.1 Å². The highest BCUT2D eigenvalue weighted by Gasteiger charge is 2.04. The molecular weight excluding hydrogens is 267 g/mol. The fourth-order valence-electron chi connectivity index (χ4n) is 1.92. The van der Waals surface area contributed by atoms with Crippen molar-refractivity contribution in [3.05, 3.63) is 71.0 Å².